The molecule has 1 rings (SSSR count). The summed E-state index contributed by atoms with van der Waals surface area (Å²) < 4.78 is 31.5. The summed E-state index contributed by atoms with van der Waals surface area (Å²) in [6, 6.07) is 3.73. The molecule has 0 saturated carbocycles. The summed E-state index contributed by atoms with van der Waals surface area (Å²) in [5.74, 6) is -1.17. The summed E-state index contributed by atoms with van der Waals surface area (Å²) in [7, 11) is 0. The molecule has 18 heavy (non-hydrogen) atoms. The minimum Gasteiger partial charge on any atom is -0.490 e. The van der Waals surface area contributed by atoms with Crippen LogP contribution in [0.2, 0.25) is 0 Å². The minimum absolute atomic E-state index is 0.0917. The van der Waals surface area contributed by atoms with E-state index >= 15 is 0 Å². The fraction of sp³-hybridized carbons (Fsp3) is 0.571. The zero-order valence-corrected chi connectivity index (χ0v) is 11.4. The number of benzene rings is 1. The van der Waals surface area contributed by atoms with Crippen molar-refractivity contribution in [1.29, 1.82) is 0 Å². The molecule has 0 aromatic heterocycles. The van der Waals surface area contributed by atoms with Crippen LogP contribution in [0.3, 0.4) is 0 Å². The van der Waals surface area contributed by atoms with E-state index in [-0.39, 0.29) is 11.2 Å². The highest BCUT2D eigenvalue weighted by Crippen LogP contribution is 2.21. The van der Waals surface area contributed by atoms with E-state index in [1.165, 1.54) is 12.1 Å². The maximum atomic E-state index is 13.4. The predicted octanol–water partition coefficient (Wildman–Crippen LogP) is 3.37. The average molecular weight is 257 g/mol. The van der Waals surface area contributed by atoms with Gasteiger partial charge in [-0.2, -0.15) is 0 Å². The molecular formula is C14H21F2NO. The smallest absolute Gasteiger partial charge is 0.167 e. The van der Waals surface area contributed by atoms with Crippen molar-refractivity contribution >= 4 is 0 Å². The van der Waals surface area contributed by atoms with Gasteiger partial charge in [-0.1, -0.05) is 27.7 Å². The molecule has 4 heteroatoms. The summed E-state index contributed by atoms with van der Waals surface area (Å²) in [4.78, 5) is 0. The van der Waals surface area contributed by atoms with Crippen LogP contribution < -0.4 is 10.1 Å². The Morgan fingerprint density at radius 3 is 2.50 bits per heavy atom. The van der Waals surface area contributed by atoms with Gasteiger partial charge in [-0.3, -0.25) is 0 Å². The second kappa shape index (κ2) is 6.14. The average Bonchev–Trinajstić information content (AvgIpc) is 2.25. The molecule has 0 spiro atoms. The molecule has 1 N–H and O–H groups in total. The number of ether oxygens (including phenoxy) is 1. The number of hydrogen-bond acceptors (Lipinski definition) is 2. The van der Waals surface area contributed by atoms with E-state index in [0.29, 0.717) is 12.6 Å². The van der Waals surface area contributed by atoms with Gasteiger partial charge in [-0.25, -0.2) is 8.78 Å². The van der Waals surface area contributed by atoms with Crippen LogP contribution in [0, 0.1) is 17.0 Å². The van der Waals surface area contributed by atoms with E-state index in [0.717, 1.165) is 12.6 Å². The van der Waals surface area contributed by atoms with E-state index in [1.54, 1.807) is 0 Å². The molecule has 0 aliphatic heterocycles. The number of halogens is 2. The van der Waals surface area contributed by atoms with Gasteiger partial charge in [0, 0.05) is 24.1 Å². The quantitative estimate of drug-likeness (QED) is 0.843. The van der Waals surface area contributed by atoms with Gasteiger partial charge in [0.05, 0.1) is 6.61 Å². The van der Waals surface area contributed by atoms with Crippen molar-refractivity contribution in [2.75, 3.05) is 13.2 Å². The van der Waals surface area contributed by atoms with E-state index in [4.69, 9.17) is 4.74 Å². The fourth-order valence-corrected chi connectivity index (χ4v) is 1.40. The van der Waals surface area contributed by atoms with Gasteiger partial charge in [0.1, 0.15) is 5.82 Å². The van der Waals surface area contributed by atoms with E-state index < -0.39 is 11.6 Å². The summed E-state index contributed by atoms with van der Waals surface area (Å²) >= 11 is 0. The molecule has 0 amide bonds. The first-order chi connectivity index (χ1) is 8.30. The van der Waals surface area contributed by atoms with Crippen LogP contribution in [0.5, 0.6) is 5.75 Å². The van der Waals surface area contributed by atoms with Crippen molar-refractivity contribution in [3.63, 3.8) is 0 Å². The van der Waals surface area contributed by atoms with E-state index in [9.17, 15) is 8.78 Å². The molecule has 0 heterocycles. The molecule has 1 aromatic carbocycles. The molecule has 0 radical (unpaired) electrons. The van der Waals surface area contributed by atoms with Crippen LogP contribution in [0.1, 0.15) is 27.7 Å². The van der Waals surface area contributed by atoms with Gasteiger partial charge < -0.3 is 10.1 Å². The van der Waals surface area contributed by atoms with Gasteiger partial charge in [0.15, 0.2) is 11.6 Å². The van der Waals surface area contributed by atoms with Gasteiger partial charge in [-0.15, -0.1) is 0 Å². The Hall–Kier alpha value is -1.16. The molecule has 0 aliphatic carbocycles. The SMILES string of the molecule is CC(C)NCC(C)(C)COc1ccc(F)cc1F. The highest BCUT2D eigenvalue weighted by Gasteiger charge is 2.20. The Bertz CT molecular complexity index is 391. The van der Waals surface area contributed by atoms with Crippen LogP contribution in [0.4, 0.5) is 8.78 Å². The third kappa shape index (κ3) is 5.00. The first kappa shape index (κ1) is 14.9. The summed E-state index contributed by atoms with van der Waals surface area (Å²) in [5, 5.41) is 3.31. The lowest BCUT2D eigenvalue weighted by Crippen LogP contribution is -2.37. The molecule has 0 unspecified atom stereocenters. The Balaban J connectivity index is 2.53. The van der Waals surface area contributed by atoms with Crippen LogP contribution >= 0.6 is 0 Å². The molecular weight excluding hydrogens is 236 g/mol. The molecule has 0 saturated heterocycles. The maximum Gasteiger partial charge on any atom is 0.167 e. The standard InChI is InChI=1S/C14H21F2NO/c1-10(2)17-8-14(3,4)9-18-13-6-5-11(15)7-12(13)16/h5-7,10,17H,8-9H2,1-4H3. The fourth-order valence-electron chi connectivity index (χ4n) is 1.40. The third-order valence-electron chi connectivity index (χ3n) is 2.50. The van der Waals surface area contributed by atoms with E-state index in [1.807, 2.05) is 13.8 Å². The number of nitrogens with one attached hydrogen (secondary N) is 1. The lowest BCUT2D eigenvalue weighted by molar-refractivity contribution is 0.168. The zero-order valence-electron chi connectivity index (χ0n) is 11.4. The highest BCUT2D eigenvalue weighted by atomic mass is 19.1. The number of hydrogen-bond donors (Lipinski definition) is 1. The lowest BCUT2D eigenvalue weighted by atomic mass is 9.94. The first-order valence-electron chi connectivity index (χ1n) is 6.11. The van der Waals surface area contributed by atoms with E-state index in [2.05, 4.69) is 19.2 Å². The van der Waals surface area contributed by atoms with Gasteiger partial charge in [0.2, 0.25) is 0 Å². The highest BCUT2D eigenvalue weighted by molar-refractivity contribution is 5.24. The monoisotopic (exact) mass is 257 g/mol. The molecule has 0 fully saturated rings. The third-order valence-corrected chi connectivity index (χ3v) is 2.50. The van der Waals surface area contributed by atoms with Crippen LogP contribution in [-0.2, 0) is 0 Å². The lowest BCUT2D eigenvalue weighted by Gasteiger charge is -2.26. The minimum atomic E-state index is -0.664. The second-order valence-corrected chi connectivity index (χ2v) is 5.56. The van der Waals surface area contributed by atoms with Gasteiger partial charge in [0.25, 0.3) is 0 Å². The largest absolute Gasteiger partial charge is 0.490 e. The van der Waals surface area contributed by atoms with Gasteiger partial charge >= 0.3 is 0 Å². The number of rotatable bonds is 6. The summed E-state index contributed by atoms with van der Waals surface area (Å²) in [6.07, 6.45) is 0. The first-order valence-corrected chi connectivity index (χ1v) is 6.11. The predicted molar refractivity (Wildman–Crippen MR) is 68.8 cm³/mol. The normalized spacial score (nSPS) is 11.9. The van der Waals surface area contributed by atoms with Crippen molar-refractivity contribution < 1.29 is 13.5 Å². The van der Waals surface area contributed by atoms with Crippen molar-refractivity contribution in [1.82, 2.24) is 5.32 Å². The Morgan fingerprint density at radius 1 is 1.28 bits per heavy atom. The molecule has 2 nitrogen and oxygen atoms in total. The van der Waals surface area contributed by atoms with Crippen LogP contribution in [0.25, 0.3) is 0 Å². The molecule has 102 valence electrons. The zero-order chi connectivity index (χ0) is 13.8. The second-order valence-electron chi connectivity index (χ2n) is 5.56. The summed E-state index contributed by atoms with van der Waals surface area (Å²) in [5.41, 5.74) is -0.120. The Labute approximate surface area is 107 Å². The molecule has 0 atom stereocenters. The Morgan fingerprint density at radius 2 is 1.94 bits per heavy atom. The van der Waals surface area contributed by atoms with Crippen molar-refractivity contribution in [3.8, 4) is 5.75 Å². The van der Waals surface area contributed by atoms with Gasteiger partial charge in [-0.05, 0) is 12.1 Å². The van der Waals surface area contributed by atoms with Crippen molar-refractivity contribution in [2.45, 2.75) is 33.7 Å². The van der Waals surface area contributed by atoms with Crippen LogP contribution in [0.15, 0.2) is 18.2 Å². The summed E-state index contributed by atoms with van der Waals surface area (Å²) in [6.45, 7) is 9.34. The van der Waals surface area contributed by atoms with Crippen molar-refractivity contribution in [2.24, 2.45) is 5.41 Å². The molecule has 0 bridgehead atoms. The topological polar surface area (TPSA) is 21.3 Å². The maximum absolute atomic E-state index is 13.4. The van der Waals surface area contributed by atoms with Crippen molar-refractivity contribution in [3.05, 3.63) is 29.8 Å². The Kier molecular flexibility index (Phi) is 5.08. The molecule has 0 aliphatic rings. The molecule has 1 aromatic rings. The van der Waals surface area contributed by atoms with Crippen LogP contribution in [-0.4, -0.2) is 19.2 Å².